The Morgan fingerprint density at radius 2 is 2.22 bits per heavy atom. The van der Waals surface area contributed by atoms with Crippen molar-refractivity contribution in [1.29, 1.82) is 0 Å². The zero-order valence-corrected chi connectivity index (χ0v) is 13.9. The van der Waals surface area contributed by atoms with E-state index in [1.54, 1.807) is 7.11 Å². The van der Waals surface area contributed by atoms with Crippen LogP contribution in [-0.2, 0) is 19.5 Å². The number of benzene rings is 1. The summed E-state index contributed by atoms with van der Waals surface area (Å²) in [5.74, 6) is 1.87. The third kappa shape index (κ3) is 3.45. The highest BCUT2D eigenvalue weighted by Gasteiger charge is 2.21. The fourth-order valence-corrected chi connectivity index (χ4v) is 2.95. The van der Waals surface area contributed by atoms with Crippen LogP contribution >= 0.6 is 0 Å². The summed E-state index contributed by atoms with van der Waals surface area (Å²) in [6.07, 6.45) is 0.750. The minimum absolute atomic E-state index is 0.0275. The van der Waals surface area contributed by atoms with Gasteiger partial charge in [0.05, 0.1) is 12.8 Å². The Labute approximate surface area is 136 Å². The van der Waals surface area contributed by atoms with Crippen LogP contribution in [0, 0.1) is 0 Å². The lowest BCUT2D eigenvalue weighted by Gasteiger charge is -2.28. The molecule has 5 nitrogen and oxygen atoms in total. The second-order valence-electron chi connectivity index (χ2n) is 6.34. The first-order chi connectivity index (χ1) is 11.1. The quantitative estimate of drug-likeness (QED) is 0.942. The fraction of sp³-hybridized carbons (Fsp3) is 0.444. The first-order valence-electron chi connectivity index (χ1n) is 8.04. The van der Waals surface area contributed by atoms with Gasteiger partial charge in [0.25, 0.3) is 5.56 Å². The third-order valence-corrected chi connectivity index (χ3v) is 4.26. The van der Waals surface area contributed by atoms with Crippen LogP contribution in [0.25, 0.3) is 0 Å². The van der Waals surface area contributed by atoms with Crippen LogP contribution in [0.4, 0.5) is 0 Å². The molecule has 0 spiro atoms. The second-order valence-corrected chi connectivity index (χ2v) is 6.34. The van der Waals surface area contributed by atoms with Gasteiger partial charge in [0, 0.05) is 31.1 Å². The highest BCUT2D eigenvalue weighted by molar-refractivity contribution is 5.29. The first-order valence-corrected chi connectivity index (χ1v) is 8.04. The van der Waals surface area contributed by atoms with Crippen molar-refractivity contribution in [2.24, 2.45) is 0 Å². The summed E-state index contributed by atoms with van der Waals surface area (Å²) in [5, 5.41) is 0. The van der Waals surface area contributed by atoms with Gasteiger partial charge in [-0.1, -0.05) is 26.0 Å². The summed E-state index contributed by atoms with van der Waals surface area (Å²) in [6, 6.07) is 8.11. The molecule has 0 bridgehead atoms. The molecule has 0 saturated heterocycles. The molecule has 1 N–H and O–H groups in total. The average molecular weight is 313 g/mol. The lowest BCUT2D eigenvalue weighted by atomic mass is 10.0. The van der Waals surface area contributed by atoms with Crippen LogP contribution < -0.4 is 10.3 Å². The standard InChI is InChI=1S/C18H23N3O2/c1-12(2)17-19-16-11-21(8-7-15(16)18(22)20-17)10-13-5-4-6-14(9-13)23-3/h4-6,9,12H,7-8,10-11H2,1-3H3,(H,19,20,22). The van der Waals surface area contributed by atoms with Crippen LogP contribution in [0.2, 0.25) is 0 Å². The topological polar surface area (TPSA) is 58.2 Å². The van der Waals surface area contributed by atoms with E-state index in [1.165, 1.54) is 5.56 Å². The van der Waals surface area contributed by atoms with Gasteiger partial charge < -0.3 is 9.72 Å². The maximum Gasteiger partial charge on any atom is 0.254 e. The Bertz CT molecular complexity index is 752. The number of ether oxygens (including phenoxy) is 1. The molecule has 2 aromatic rings. The lowest BCUT2D eigenvalue weighted by molar-refractivity contribution is 0.239. The average Bonchev–Trinajstić information content (AvgIpc) is 2.54. The molecule has 1 aromatic heterocycles. The number of nitrogens with one attached hydrogen (secondary N) is 1. The fourth-order valence-electron chi connectivity index (χ4n) is 2.95. The van der Waals surface area contributed by atoms with Crippen molar-refractivity contribution in [2.75, 3.05) is 13.7 Å². The van der Waals surface area contributed by atoms with E-state index >= 15 is 0 Å². The van der Waals surface area contributed by atoms with Crippen LogP contribution in [-0.4, -0.2) is 28.5 Å². The van der Waals surface area contributed by atoms with Crippen molar-refractivity contribution in [2.45, 2.75) is 39.3 Å². The minimum Gasteiger partial charge on any atom is -0.497 e. The smallest absolute Gasteiger partial charge is 0.254 e. The van der Waals surface area contributed by atoms with Crippen molar-refractivity contribution in [3.8, 4) is 5.75 Å². The van der Waals surface area contributed by atoms with Gasteiger partial charge in [0.1, 0.15) is 11.6 Å². The van der Waals surface area contributed by atoms with Gasteiger partial charge in [-0.05, 0) is 24.1 Å². The van der Waals surface area contributed by atoms with E-state index in [2.05, 4.69) is 27.0 Å². The lowest BCUT2D eigenvalue weighted by Crippen LogP contribution is -2.35. The molecule has 0 fully saturated rings. The normalized spacial score (nSPS) is 14.8. The number of aromatic amines is 1. The van der Waals surface area contributed by atoms with Crippen molar-refractivity contribution < 1.29 is 4.74 Å². The SMILES string of the molecule is COc1cccc(CN2CCc3c(nc(C(C)C)[nH]c3=O)C2)c1. The predicted octanol–water partition coefficient (Wildman–Crippen LogP) is 2.46. The molecule has 1 aromatic carbocycles. The van der Waals surface area contributed by atoms with Gasteiger partial charge in [0.2, 0.25) is 0 Å². The maximum atomic E-state index is 12.2. The zero-order valence-electron chi connectivity index (χ0n) is 13.9. The van der Waals surface area contributed by atoms with E-state index in [4.69, 9.17) is 4.74 Å². The third-order valence-electron chi connectivity index (χ3n) is 4.26. The minimum atomic E-state index is 0.0275. The molecule has 0 amide bonds. The Balaban J connectivity index is 1.80. The van der Waals surface area contributed by atoms with Crippen molar-refractivity contribution in [3.63, 3.8) is 0 Å². The number of nitrogens with zero attached hydrogens (tertiary/aromatic N) is 2. The van der Waals surface area contributed by atoms with Gasteiger partial charge >= 0.3 is 0 Å². The van der Waals surface area contributed by atoms with Crippen LogP contribution in [0.1, 0.15) is 42.4 Å². The van der Waals surface area contributed by atoms with E-state index in [0.29, 0.717) is 0 Å². The Morgan fingerprint density at radius 3 is 2.96 bits per heavy atom. The monoisotopic (exact) mass is 313 g/mol. The zero-order chi connectivity index (χ0) is 16.4. The number of aromatic nitrogens is 2. The van der Waals surface area contributed by atoms with Gasteiger partial charge in [-0.15, -0.1) is 0 Å². The molecular weight excluding hydrogens is 290 g/mol. The molecule has 0 atom stereocenters. The van der Waals surface area contributed by atoms with Gasteiger partial charge in [-0.3, -0.25) is 9.69 Å². The molecule has 0 aliphatic carbocycles. The Hall–Kier alpha value is -2.14. The Morgan fingerprint density at radius 1 is 1.39 bits per heavy atom. The van der Waals surface area contributed by atoms with Crippen LogP contribution in [0.3, 0.4) is 0 Å². The highest BCUT2D eigenvalue weighted by atomic mass is 16.5. The summed E-state index contributed by atoms with van der Waals surface area (Å²) < 4.78 is 5.28. The van der Waals surface area contributed by atoms with E-state index < -0.39 is 0 Å². The largest absolute Gasteiger partial charge is 0.497 e. The molecule has 1 aliphatic rings. The number of hydrogen-bond donors (Lipinski definition) is 1. The molecule has 0 unspecified atom stereocenters. The van der Waals surface area contributed by atoms with Crippen LogP contribution in [0.5, 0.6) is 5.75 Å². The summed E-state index contributed by atoms with van der Waals surface area (Å²) in [5.41, 5.74) is 3.00. The number of H-pyrrole nitrogens is 1. The van der Waals surface area contributed by atoms with E-state index in [9.17, 15) is 4.79 Å². The molecule has 122 valence electrons. The predicted molar refractivity (Wildman–Crippen MR) is 89.8 cm³/mol. The van der Waals surface area contributed by atoms with Crippen molar-refractivity contribution >= 4 is 0 Å². The highest BCUT2D eigenvalue weighted by Crippen LogP contribution is 2.20. The molecule has 0 radical (unpaired) electrons. The van der Waals surface area contributed by atoms with Crippen molar-refractivity contribution in [3.05, 3.63) is 57.3 Å². The molecule has 23 heavy (non-hydrogen) atoms. The molecule has 0 saturated carbocycles. The van der Waals surface area contributed by atoms with E-state index in [-0.39, 0.29) is 11.5 Å². The maximum absolute atomic E-state index is 12.2. The molecular formula is C18H23N3O2. The van der Waals surface area contributed by atoms with E-state index in [0.717, 1.165) is 48.9 Å². The second kappa shape index (κ2) is 6.54. The molecule has 5 heteroatoms. The van der Waals surface area contributed by atoms with Gasteiger partial charge in [0.15, 0.2) is 0 Å². The number of hydrogen-bond acceptors (Lipinski definition) is 4. The molecule has 3 rings (SSSR count). The van der Waals surface area contributed by atoms with Gasteiger partial charge in [-0.25, -0.2) is 4.98 Å². The summed E-state index contributed by atoms with van der Waals surface area (Å²) in [4.78, 5) is 22.1. The van der Waals surface area contributed by atoms with Crippen LogP contribution in [0.15, 0.2) is 29.1 Å². The van der Waals surface area contributed by atoms with Crippen molar-refractivity contribution in [1.82, 2.24) is 14.9 Å². The number of fused-ring (bicyclic) bond motifs is 1. The Kier molecular flexibility index (Phi) is 4.48. The summed E-state index contributed by atoms with van der Waals surface area (Å²) in [6.45, 7) is 6.51. The number of methoxy groups -OCH3 is 1. The molecule has 1 aliphatic heterocycles. The van der Waals surface area contributed by atoms with E-state index in [1.807, 2.05) is 26.0 Å². The number of rotatable bonds is 4. The summed E-state index contributed by atoms with van der Waals surface area (Å²) in [7, 11) is 1.68. The van der Waals surface area contributed by atoms with Gasteiger partial charge in [-0.2, -0.15) is 0 Å². The summed E-state index contributed by atoms with van der Waals surface area (Å²) >= 11 is 0. The first kappa shape index (κ1) is 15.7. The molecule has 2 heterocycles.